The standard InChI is InChI=1S/C25H29N3O5S2/c1-3-17(4-2)16-35(32,33)22-8-6-5-7-21(22)26-14-18-9-11-19(12-10-18)24(31)28-25-27-20(15-34-25)13-23(29)30/h5-12,15,17,26H,3-4,13-14,16H2,1-2H3,(H,29,30)(H,27,28,31). The zero-order valence-electron chi connectivity index (χ0n) is 19.7. The van der Waals surface area contributed by atoms with Crippen LogP contribution >= 0.6 is 11.3 Å². The molecule has 0 bridgehead atoms. The first kappa shape index (κ1) is 26.4. The number of sulfone groups is 1. The number of amides is 1. The van der Waals surface area contributed by atoms with Gasteiger partial charge in [0.15, 0.2) is 15.0 Å². The molecule has 0 saturated heterocycles. The summed E-state index contributed by atoms with van der Waals surface area (Å²) in [6.07, 6.45) is 1.44. The SMILES string of the molecule is CCC(CC)CS(=O)(=O)c1ccccc1NCc1ccc(C(=O)Nc2nc(CC(=O)O)cs2)cc1. The molecule has 10 heteroatoms. The number of thiazole rings is 1. The van der Waals surface area contributed by atoms with E-state index in [1.807, 2.05) is 13.8 Å². The summed E-state index contributed by atoms with van der Waals surface area (Å²) >= 11 is 1.17. The highest BCUT2D eigenvalue weighted by Gasteiger charge is 2.22. The number of carbonyl (C=O) groups is 2. The van der Waals surface area contributed by atoms with Crippen molar-refractivity contribution in [3.63, 3.8) is 0 Å². The summed E-state index contributed by atoms with van der Waals surface area (Å²) in [5, 5.41) is 16.7. The Kier molecular flexibility index (Phi) is 9.00. The second kappa shape index (κ2) is 11.9. The molecule has 8 nitrogen and oxygen atoms in total. The van der Waals surface area contributed by atoms with Gasteiger partial charge in [-0.3, -0.25) is 14.9 Å². The summed E-state index contributed by atoms with van der Waals surface area (Å²) in [5.74, 6) is -1.08. The number of rotatable bonds is 12. The third-order valence-electron chi connectivity index (χ3n) is 5.64. The largest absolute Gasteiger partial charge is 0.481 e. The summed E-state index contributed by atoms with van der Waals surface area (Å²) in [6, 6.07) is 13.9. The molecule has 1 amide bonds. The van der Waals surface area contributed by atoms with E-state index in [2.05, 4.69) is 15.6 Å². The minimum absolute atomic E-state index is 0.124. The summed E-state index contributed by atoms with van der Waals surface area (Å²) in [6.45, 7) is 4.40. The highest BCUT2D eigenvalue weighted by atomic mass is 32.2. The van der Waals surface area contributed by atoms with Crippen molar-refractivity contribution >= 4 is 43.9 Å². The van der Waals surface area contributed by atoms with Gasteiger partial charge in [0.05, 0.1) is 28.5 Å². The van der Waals surface area contributed by atoms with Gasteiger partial charge in [0.2, 0.25) is 0 Å². The Morgan fingerprint density at radius 1 is 1.06 bits per heavy atom. The first-order valence-electron chi connectivity index (χ1n) is 11.3. The zero-order valence-corrected chi connectivity index (χ0v) is 21.3. The fourth-order valence-electron chi connectivity index (χ4n) is 3.55. The van der Waals surface area contributed by atoms with Gasteiger partial charge in [-0.15, -0.1) is 11.3 Å². The Bertz CT molecular complexity index is 1270. The number of hydrogen-bond acceptors (Lipinski definition) is 7. The van der Waals surface area contributed by atoms with Gasteiger partial charge in [-0.2, -0.15) is 0 Å². The lowest BCUT2D eigenvalue weighted by Crippen LogP contribution is -2.17. The summed E-state index contributed by atoms with van der Waals surface area (Å²) < 4.78 is 26.0. The van der Waals surface area contributed by atoms with Crippen molar-refractivity contribution < 1.29 is 23.1 Å². The second-order valence-electron chi connectivity index (χ2n) is 8.18. The molecule has 0 aliphatic carbocycles. The first-order chi connectivity index (χ1) is 16.7. The molecule has 186 valence electrons. The Labute approximate surface area is 209 Å². The van der Waals surface area contributed by atoms with Crippen LogP contribution in [0.5, 0.6) is 0 Å². The number of anilines is 2. The molecule has 0 aliphatic heterocycles. The molecule has 0 radical (unpaired) electrons. The average Bonchev–Trinajstić information content (AvgIpc) is 3.27. The maximum absolute atomic E-state index is 13.0. The van der Waals surface area contributed by atoms with Crippen LogP contribution in [0.15, 0.2) is 58.8 Å². The van der Waals surface area contributed by atoms with E-state index in [0.717, 1.165) is 18.4 Å². The first-order valence-corrected chi connectivity index (χ1v) is 13.9. The van der Waals surface area contributed by atoms with Gasteiger partial charge in [-0.1, -0.05) is 51.0 Å². The van der Waals surface area contributed by atoms with E-state index in [1.165, 1.54) is 11.3 Å². The lowest BCUT2D eigenvalue weighted by molar-refractivity contribution is -0.136. The van der Waals surface area contributed by atoms with Gasteiger partial charge < -0.3 is 10.4 Å². The highest BCUT2D eigenvalue weighted by molar-refractivity contribution is 7.91. The normalized spacial score (nSPS) is 11.4. The molecule has 1 heterocycles. The Morgan fingerprint density at radius 2 is 1.74 bits per heavy atom. The van der Waals surface area contributed by atoms with Crippen LogP contribution in [0.2, 0.25) is 0 Å². The minimum Gasteiger partial charge on any atom is -0.481 e. The molecule has 0 unspecified atom stereocenters. The fraction of sp³-hybridized carbons (Fsp3) is 0.320. The van der Waals surface area contributed by atoms with Gasteiger partial charge in [-0.25, -0.2) is 13.4 Å². The third kappa shape index (κ3) is 7.37. The zero-order chi connectivity index (χ0) is 25.4. The summed E-state index contributed by atoms with van der Waals surface area (Å²) in [5.41, 5.74) is 2.26. The molecule has 3 aromatic rings. The van der Waals surface area contributed by atoms with Gasteiger partial charge in [-0.05, 0) is 35.7 Å². The molecular formula is C25H29N3O5S2. The minimum atomic E-state index is -3.42. The number of nitrogens with zero attached hydrogens (tertiary/aromatic N) is 1. The Morgan fingerprint density at radius 3 is 2.40 bits per heavy atom. The molecule has 3 N–H and O–H groups in total. The maximum Gasteiger partial charge on any atom is 0.309 e. The maximum atomic E-state index is 13.0. The van der Waals surface area contributed by atoms with Crippen molar-refractivity contribution in [2.45, 2.75) is 44.6 Å². The van der Waals surface area contributed by atoms with E-state index >= 15 is 0 Å². The average molecular weight is 516 g/mol. The number of aromatic nitrogens is 1. The number of carboxylic acids is 1. The number of carboxylic acid groups (broad SMARTS) is 1. The number of nitrogens with one attached hydrogen (secondary N) is 2. The van der Waals surface area contributed by atoms with Crippen molar-refractivity contribution in [1.82, 2.24) is 4.98 Å². The Balaban J connectivity index is 1.63. The molecule has 0 aliphatic rings. The van der Waals surface area contributed by atoms with Crippen LogP contribution in [-0.4, -0.2) is 36.1 Å². The molecule has 0 saturated carbocycles. The fourth-order valence-corrected chi connectivity index (χ4v) is 6.29. The van der Waals surface area contributed by atoms with Gasteiger partial charge in [0.25, 0.3) is 5.91 Å². The molecule has 0 atom stereocenters. The summed E-state index contributed by atoms with van der Waals surface area (Å²) in [4.78, 5) is 27.7. The van der Waals surface area contributed by atoms with Crippen LogP contribution in [0, 0.1) is 5.92 Å². The highest BCUT2D eigenvalue weighted by Crippen LogP contribution is 2.26. The van der Waals surface area contributed by atoms with Gasteiger partial charge in [0.1, 0.15) is 0 Å². The van der Waals surface area contributed by atoms with Crippen molar-refractivity contribution in [3.8, 4) is 0 Å². The molecular weight excluding hydrogens is 486 g/mol. The number of para-hydroxylation sites is 1. The molecule has 0 spiro atoms. The van der Waals surface area contributed by atoms with Crippen LogP contribution in [0.25, 0.3) is 0 Å². The topological polar surface area (TPSA) is 125 Å². The van der Waals surface area contributed by atoms with Gasteiger partial charge >= 0.3 is 5.97 Å². The van der Waals surface area contributed by atoms with Gasteiger partial charge in [0, 0.05) is 17.5 Å². The van der Waals surface area contributed by atoms with Crippen molar-refractivity contribution in [1.29, 1.82) is 0 Å². The second-order valence-corrected chi connectivity index (χ2v) is 11.0. The molecule has 3 rings (SSSR count). The summed E-state index contributed by atoms with van der Waals surface area (Å²) in [7, 11) is -3.42. The molecule has 35 heavy (non-hydrogen) atoms. The Hall–Kier alpha value is -3.24. The van der Waals surface area contributed by atoms with Crippen LogP contribution in [0.4, 0.5) is 10.8 Å². The predicted molar refractivity (Wildman–Crippen MR) is 138 cm³/mol. The van der Waals surface area contributed by atoms with E-state index in [1.54, 1.807) is 53.9 Å². The quantitative estimate of drug-likeness (QED) is 0.315. The monoisotopic (exact) mass is 515 g/mol. The molecule has 0 fully saturated rings. The van der Waals surface area contributed by atoms with Crippen molar-refractivity contribution in [2.75, 3.05) is 16.4 Å². The van der Waals surface area contributed by atoms with E-state index in [4.69, 9.17) is 5.11 Å². The van der Waals surface area contributed by atoms with Crippen molar-refractivity contribution in [2.24, 2.45) is 5.92 Å². The van der Waals surface area contributed by atoms with Crippen molar-refractivity contribution in [3.05, 3.63) is 70.7 Å². The van der Waals surface area contributed by atoms with E-state index in [-0.39, 0.29) is 24.0 Å². The van der Waals surface area contributed by atoms with Crippen LogP contribution in [0.3, 0.4) is 0 Å². The number of aliphatic carboxylic acids is 1. The lowest BCUT2D eigenvalue weighted by atomic mass is 10.1. The van der Waals surface area contributed by atoms with E-state index in [9.17, 15) is 18.0 Å². The van der Waals surface area contributed by atoms with Crippen LogP contribution in [0.1, 0.15) is 48.3 Å². The smallest absolute Gasteiger partial charge is 0.309 e. The number of hydrogen-bond donors (Lipinski definition) is 3. The molecule has 1 aromatic heterocycles. The van der Waals surface area contributed by atoms with Crippen LogP contribution < -0.4 is 10.6 Å². The number of benzene rings is 2. The number of carbonyl (C=O) groups excluding carboxylic acids is 1. The van der Waals surface area contributed by atoms with Crippen LogP contribution in [-0.2, 0) is 27.6 Å². The molecule has 2 aromatic carbocycles. The lowest BCUT2D eigenvalue weighted by Gasteiger charge is -2.16. The van der Waals surface area contributed by atoms with E-state index < -0.39 is 15.8 Å². The predicted octanol–water partition coefficient (Wildman–Crippen LogP) is 4.84. The van der Waals surface area contributed by atoms with E-state index in [0.29, 0.717) is 33.5 Å². The third-order valence-corrected chi connectivity index (χ3v) is 8.38.